The molecule has 0 spiro atoms. The molecule has 0 bridgehead atoms. The van der Waals surface area contributed by atoms with Crippen LogP contribution in [0, 0.1) is 11.7 Å². The van der Waals surface area contributed by atoms with Crippen molar-refractivity contribution in [1.82, 2.24) is 4.90 Å². The molecule has 0 saturated carbocycles. The van der Waals surface area contributed by atoms with E-state index in [1.165, 1.54) is 12.1 Å². The molecule has 1 aromatic rings. The van der Waals surface area contributed by atoms with Gasteiger partial charge < -0.3 is 0 Å². The Morgan fingerprint density at radius 2 is 1.81 bits per heavy atom. The average Bonchev–Trinajstić information content (AvgIpc) is 2.43. The van der Waals surface area contributed by atoms with Gasteiger partial charge in [0.05, 0.1) is 6.04 Å². The van der Waals surface area contributed by atoms with E-state index in [0.29, 0.717) is 13.0 Å². The molecular weight excluding hydrogens is 265 g/mol. The van der Waals surface area contributed by atoms with Crippen molar-refractivity contribution in [3.05, 3.63) is 48.3 Å². The fourth-order valence-electron chi connectivity index (χ4n) is 2.46. The molecular formula is C18H26FNO. The van der Waals surface area contributed by atoms with Crippen molar-refractivity contribution in [3.63, 3.8) is 0 Å². The lowest BCUT2D eigenvalue weighted by molar-refractivity contribution is -0.127. The highest BCUT2D eigenvalue weighted by molar-refractivity contribution is 5.86. The predicted molar refractivity (Wildman–Crippen MR) is 85.8 cm³/mol. The lowest BCUT2D eigenvalue weighted by Gasteiger charge is -2.34. The van der Waals surface area contributed by atoms with Crippen LogP contribution in [0.5, 0.6) is 0 Å². The largest absolute Gasteiger partial charge is 0.298 e. The third-order valence-electron chi connectivity index (χ3n) is 3.64. The first-order valence-corrected chi connectivity index (χ1v) is 7.51. The fourth-order valence-corrected chi connectivity index (χ4v) is 2.46. The van der Waals surface area contributed by atoms with Crippen LogP contribution in [0.2, 0.25) is 0 Å². The van der Waals surface area contributed by atoms with Crippen molar-refractivity contribution in [2.24, 2.45) is 5.92 Å². The average molecular weight is 291 g/mol. The molecule has 0 fully saturated rings. The van der Waals surface area contributed by atoms with Crippen molar-refractivity contribution in [2.75, 3.05) is 6.54 Å². The van der Waals surface area contributed by atoms with E-state index in [4.69, 9.17) is 0 Å². The molecule has 0 aliphatic carbocycles. The predicted octanol–water partition coefficient (Wildman–Crippen LogP) is 3.86. The number of halogens is 1. The zero-order chi connectivity index (χ0) is 16.0. The fraction of sp³-hybridized carbons (Fsp3) is 0.500. The number of carbonyl (C=O) groups is 1. The van der Waals surface area contributed by atoms with E-state index in [2.05, 4.69) is 25.3 Å². The topological polar surface area (TPSA) is 20.3 Å². The maximum Gasteiger partial charge on any atom is 0.152 e. The van der Waals surface area contributed by atoms with Crippen LogP contribution in [0.4, 0.5) is 4.39 Å². The molecule has 2 nitrogen and oxygen atoms in total. The van der Waals surface area contributed by atoms with Gasteiger partial charge in [0.2, 0.25) is 0 Å². The number of benzene rings is 1. The van der Waals surface area contributed by atoms with Crippen LogP contribution in [0.1, 0.15) is 33.3 Å². The first-order valence-electron chi connectivity index (χ1n) is 7.51. The Balaban J connectivity index is 3.03. The molecule has 0 amide bonds. The molecule has 1 atom stereocenters. The number of hydrogen-bond donors (Lipinski definition) is 0. The molecule has 1 rings (SSSR count). The van der Waals surface area contributed by atoms with Gasteiger partial charge in [0.25, 0.3) is 0 Å². The van der Waals surface area contributed by atoms with Gasteiger partial charge in [-0.3, -0.25) is 9.69 Å². The number of Topliss-reactive ketones (excluding diaryl/α,β-unsaturated/α-hetero) is 1. The monoisotopic (exact) mass is 291 g/mol. The van der Waals surface area contributed by atoms with Crippen LogP contribution in [-0.4, -0.2) is 29.3 Å². The quantitative estimate of drug-likeness (QED) is 0.678. The summed E-state index contributed by atoms with van der Waals surface area (Å²) in [5, 5.41) is 0. The number of carbonyl (C=O) groups excluding carboxylic acids is 1. The second kappa shape index (κ2) is 8.08. The van der Waals surface area contributed by atoms with Crippen molar-refractivity contribution in [1.29, 1.82) is 0 Å². The number of ketones is 1. The second-order valence-electron chi connectivity index (χ2n) is 5.98. The van der Waals surface area contributed by atoms with Crippen molar-refractivity contribution in [3.8, 4) is 0 Å². The summed E-state index contributed by atoms with van der Waals surface area (Å²) >= 11 is 0. The molecule has 1 aromatic carbocycles. The second-order valence-corrected chi connectivity index (χ2v) is 5.98. The normalized spacial score (nSPS) is 13.0. The molecule has 0 radical (unpaired) electrons. The third kappa shape index (κ3) is 5.09. The number of rotatable bonds is 8. The van der Waals surface area contributed by atoms with Gasteiger partial charge in [-0.1, -0.05) is 32.1 Å². The Kier molecular flexibility index (Phi) is 6.76. The van der Waals surface area contributed by atoms with Gasteiger partial charge >= 0.3 is 0 Å². The van der Waals surface area contributed by atoms with Gasteiger partial charge in [-0.05, 0) is 38.0 Å². The van der Waals surface area contributed by atoms with Crippen LogP contribution >= 0.6 is 0 Å². The zero-order valence-electron chi connectivity index (χ0n) is 13.5. The van der Waals surface area contributed by atoms with Crippen molar-refractivity contribution >= 4 is 5.78 Å². The number of nitrogens with zero attached hydrogens (tertiary/aromatic N) is 1. The smallest absolute Gasteiger partial charge is 0.152 e. The Morgan fingerprint density at radius 1 is 1.24 bits per heavy atom. The SMILES string of the molecule is C=CCN(C(C)C)[C@@H](Cc1ccc(F)cc1)C(=O)C(C)C. The van der Waals surface area contributed by atoms with Crippen molar-refractivity contribution in [2.45, 2.75) is 46.2 Å². The van der Waals surface area contributed by atoms with Crippen LogP contribution in [-0.2, 0) is 11.2 Å². The van der Waals surface area contributed by atoms with E-state index in [0.717, 1.165) is 5.56 Å². The Hall–Kier alpha value is -1.48. The van der Waals surface area contributed by atoms with Gasteiger partial charge in [-0.2, -0.15) is 0 Å². The number of hydrogen-bond acceptors (Lipinski definition) is 2. The van der Waals surface area contributed by atoms with E-state index in [1.54, 1.807) is 12.1 Å². The molecule has 21 heavy (non-hydrogen) atoms. The molecule has 0 aliphatic rings. The van der Waals surface area contributed by atoms with Crippen LogP contribution in [0.25, 0.3) is 0 Å². The van der Waals surface area contributed by atoms with Gasteiger partial charge in [0, 0.05) is 18.5 Å². The Labute approximate surface area is 127 Å². The lowest BCUT2D eigenvalue weighted by Crippen LogP contribution is -2.48. The molecule has 0 aliphatic heterocycles. The van der Waals surface area contributed by atoms with Crippen molar-refractivity contribution < 1.29 is 9.18 Å². The van der Waals surface area contributed by atoms with E-state index in [9.17, 15) is 9.18 Å². The van der Waals surface area contributed by atoms with E-state index >= 15 is 0 Å². The molecule has 0 unspecified atom stereocenters. The minimum absolute atomic E-state index is 0.0264. The van der Waals surface area contributed by atoms with Crippen LogP contribution < -0.4 is 0 Å². The van der Waals surface area contributed by atoms with Gasteiger partial charge in [-0.25, -0.2) is 4.39 Å². The minimum Gasteiger partial charge on any atom is -0.298 e. The summed E-state index contributed by atoms with van der Waals surface area (Å²) < 4.78 is 13.0. The third-order valence-corrected chi connectivity index (χ3v) is 3.64. The highest BCUT2D eigenvalue weighted by Gasteiger charge is 2.28. The van der Waals surface area contributed by atoms with E-state index in [1.807, 2.05) is 19.9 Å². The zero-order valence-corrected chi connectivity index (χ0v) is 13.5. The van der Waals surface area contributed by atoms with E-state index in [-0.39, 0.29) is 29.6 Å². The molecule has 0 aromatic heterocycles. The first kappa shape index (κ1) is 17.6. The summed E-state index contributed by atoms with van der Waals surface area (Å²) in [5.41, 5.74) is 0.977. The van der Waals surface area contributed by atoms with Crippen LogP contribution in [0.3, 0.4) is 0 Å². The summed E-state index contributed by atoms with van der Waals surface area (Å²) in [6.45, 7) is 12.5. The standard InChI is InChI=1S/C18H26FNO/c1-6-11-20(14(4)5)17(18(21)13(2)3)12-15-7-9-16(19)10-8-15/h6-10,13-14,17H,1,11-12H2,2-5H3/t17-/m0/s1. The maximum atomic E-state index is 13.0. The minimum atomic E-state index is -0.253. The summed E-state index contributed by atoms with van der Waals surface area (Å²) in [5.74, 6) is -0.0614. The molecule has 116 valence electrons. The highest BCUT2D eigenvalue weighted by atomic mass is 19.1. The van der Waals surface area contributed by atoms with Gasteiger partial charge in [-0.15, -0.1) is 6.58 Å². The highest BCUT2D eigenvalue weighted by Crippen LogP contribution is 2.17. The summed E-state index contributed by atoms with van der Waals surface area (Å²) in [6, 6.07) is 6.44. The lowest BCUT2D eigenvalue weighted by atomic mass is 9.93. The molecule has 0 N–H and O–H groups in total. The molecule has 0 saturated heterocycles. The Morgan fingerprint density at radius 3 is 2.24 bits per heavy atom. The molecule has 0 heterocycles. The summed E-state index contributed by atoms with van der Waals surface area (Å²) in [7, 11) is 0. The summed E-state index contributed by atoms with van der Waals surface area (Å²) in [4.78, 5) is 14.7. The first-order chi connectivity index (χ1) is 9.86. The molecule has 3 heteroatoms. The maximum absolute atomic E-state index is 13.0. The van der Waals surface area contributed by atoms with E-state index < -0.39 is 0 Å². The van der Waals surface area contributed by atoms with Gasteiger partial charge in [0.1, 0.15) is 5.82 Å². The summed E-state index contributed by atoms with van der Waals surface area (Å²) in [6.07, 6.45) is 2.43. The van der Waals surface area contributed by atoms with Crippen LogP contribution in [0.15, 0.2) is 36.9 Å². The Bertz CT molecular complexity index is 465. The van der Waals surface area contributed by atoms with Gasteiger partial charge in [0.15, 0.2) is 5.78 Å².